The van der Waals surface area contributed by atoms with Gasteiger partial charge >= 0.3 is 0 Å². The van der Waals surface area contributed by atoms with Gasteiger partial charge in [0.1, 0.15) is 0 Å². The Bertz CT molecular complexity index is 880. The van der Waals surface area contributed by atoms with Crippen molar-refractivity contribution in [2.24, 2.45) is 0 Å². The quantitative estimate of drug-likeness (QED) is 0.729. The smallest absolute Gasteiger partial charge is 0.293 e. The highest BCUT2D eigenvalue weighted by molar-refractivity contribution is 7.14. The molecule has 1 aromatic carbocycles. The molecular weight excluding hydrogens is 338 g/mol. The maximum atomic E-state index is 12.3. The van der Waals surface area contributed by atoms with Crippen molar-refractivity contribution < 1.29 is 14.0 Å². The lowest BCUT2D eigenvalue weighted by Crippen LogP contribution is -2.16. The summed E-state index contributed by atoms with van der Waals surface area (Å²) >= 11 is 1.27. The molecule has 3 aromatic rings. The Morgan fingerprint density at radius 3 is 2.56 bits per heavy atom. The number of nitrogens with one attached hydrogen (secondary N) is 2. The first-order chi connectivity index (χ1) is 12.0. The Balaban J connectivity index is 1.61. The summed E-state index contributed by atoms with van der Waals surface area (Å²) in [6, 6.07) is 9.07. The fraction of sp³-hybridized carbons (Fsp3) is 0.167. The summed E-state index contributed by atoms with van der Waals surface area (Å²) in [4.78, 5) is 28.4. The van der Waals surface area contributed by atoms with E-state index in [1.807, 2.05) is 32.0 Å². The van der Waals surface area contributed by atoms with E-state index in [-0.39, 0.29) is 24.0 Å². The third-order valence-electron chi connectivity index (χ3n) is 3.60. The number of anilines is 2. The van der Waals surface area contributed by atoms with Crippen molar-refractivity contribution in [1.29, 1.82) is 0 Å². The molecule has 2 amide bonds. The molecule has 7 heteroatoms. The fourth-order valence-corrected chi connectivity index (χ4v) is 3.08. The molecule has 0 spiro atoms. The van der Waals surface area contributed by atoms with Gasteiger partial charge in [-0.25, -0.2) is 4.98 Å². The molecule has 128 valence electrons. The summed E-state index contributed by atoms with van der Waals surface area (Å²) in [5, 5.41) is 7.75. The van der Waals surface area contributed by atoms with Crippen LogP contribution in [0.5, 0.6) is 0 Å². The van der Waals surface area contributed by atoms with Gasteiger partial charge in [-0.2, -0.15) is 0 Å². The van der Waals surface area contributed by atoms with Crippen LogP contribution in [0, 0.1) is 13.8 Å². The SMILES string of the molecule is Cc1cccc(C)c1NC(=O)Cc1csc(NC(=O)c2ccco2)n1. The van der Waals surface area contributed by atoms with Gasteiger partial charge in [0, 0.05) is 11.1 Å². The van der Waals surface area contributed by atoms with E-state index < -0.39 is 0 Å². The van der Waals surface area contributed by atoms with Crippen molar-refractivity contribution in [2.45, 2.75) is 20.3 Å². The Morgan fingerprint density at radius 1 is 1.12 bits per heavy atom. The molecule has 0 unspecified atom stereocenters. The van der Waals surface area contributed by atoms with E-state index in [0.717, 1.165) is 16.8 Å². The van der Waals surface area contributed by atoms with Gasteiger partial charge in [0.05, 0.1) is 18.4 Å². The van der Waals surface area contributed by atoms with E-state index in [1.54, 1.807) is 17.5 Å². The number of amides is 2. The van der Waals surface area contributed by atoms with Crippen molar-refractivity contribution in [3.63, 3.8) is 0 Å². The van der Waals surface area contributed by atoms with Crippen molar-refractivity contribution >= 4 is 34.0 Å². The van der Waals surface area contributed by atoms with Crippen LogP contribution in [-0.4, -0.2) is 16.8 Å². The minimum atomic E-state index is -0.370. The number of para-hydroxylation sites is 1. The van der Waals surface area contributed by atoms with E-state index in [2.05, 4.69) is 15.6 Å². The first kappa shape index (κ1) is 16.9. The second-order valence-electron chi connectivity index (χ2n) is 5.57. The van der Waals surface area contributed by atoms with Gasteiger partial charge < -0.3 is 9.73 Å². The Morgan fingerprint density at radius 2 is 1.88 bits per heavy atom. The standard InChI is InChI=1S/C18H17N3O3S/c1-11-5-3-6-12(2)16(11)20-15(22)9-13-10-25-18(19-13)21-17(23)14-7-4-8-24-14/h3-8,10H,9H2,1-2H3,(H,20,22)(H,19,21,23). The number of hydrogen-bond acceptors (Lipinski definition) is 5. The first-order valence-electron chi connectivity index (χ1n) is 7.68. The zero-order chi connectivity index (χ0) is 17.8. The molecule has 2 aromatic heterocycles. The monoisotopic (exact) mass is 355 g/mol. The number of furan rings is 1. The molecule has 0 atom stereocenters. The van der Waals surface area contributed by atoms with Crippen LogP contribution in [0.3, 0.4) is 0 Å². The predicted molar refractivity (Wildman–Crippen MR) is 97.0 cm³/mol. The van der Waals surface area contributed by atoms with Gasteiger partial charge in [0.2, 0.25) is 5.91 Å². The van der Waals surface area contributed by atoms with Crippen molar-refractivity contribution in [3.05, 3.63) is 64.6 Å². The summed E-state index contributed by atoms with van der Waals surface area (Å²) in [6.07, 6.45) is 1.57. The van der Waals surface area contributed by atoms with Gasteiger partial charge in [0.15, 0.2) is 10.9 Å². The fourth-order valence-electron chi connectivity index (χ4n) is 2.37. The molecule has 0 aliphatic heterocycles. The topological polar surface area (TPSA) is 84.2 Å². The highest BCUT2D eigenvalue weighted by Gasteiger charge is 2.13. The lowest BCUT2D eigenvalue weighted by Gasteiger charge is -2.10. The molecule has 0 saturated carbocycles. The summed E-state index contributed by atoms with van der Waals surface area (Å²) < 4.78 is 5.03. The Labute approximate surface area is 148 Å². The molecule has 0 bridgehead atoms. The van der Waals surface area contributed by atoms with E-state index in [0.29, 0.717) is 10.8 Å². The molecule has 6 nitrogen and oxygen atoms in total. The second kappa shape index (κ2) is 7.31. The molecule has 0 saturated heterocycles. The minimum absolute atomic E-state index is 0.140. The van der Waals surface area contributed by atoms with Crippen LogP contribution >= 0.6 is 11.3 Å². The molecule has 3 rings (SSSR count). The predicted octanol–water partition coefficient (Wildman–Crippen LogP) is 3.79. The number of nitrogens with zero attached hydrogens (tertiary/aromatic N) is 1. The number of benzene rings is 1. The molecule has 0 radical (unpaired) electrons. The van der Waals surface area contributed by atoms with E-state index in [4.69, 9.17) is 4.42 Å². The number of hydrogen-bond donors (Lipinski definition) is 2. The van der Waals surface area contributed by atoms with Gasteiger partial charge in [-0.1, -0.05) is 18.2 Å². The van der Waals surface area contributed by atoms with Crippen molar-refractivity contribution in [1.82, 2.24) is 4.98 Å². The summed E-state index contributed by atoms with van der Waals surface area (Å²) in [5.74, 6) is -0.304. The lowest BCUT2D eigenvalue weighted by atomic mass is 10.1. The van der Waals surface area contributed by atoms with Crippen LogP contribution in [-0.2, 0) is 11.2 Å². The number of rotatable bonds is 5. The summed E-state index contributed by atoms with van der Waals surface area (Å²) in [7, 11) is 0. The summed E-state index contributed by atoms with van der Waals surface area (Å²) in [5.41, 5.74) is 3.45. The third-order valence-corrected chi connectivity index (χ3v) is 4.41. The van der Waals surface area contributed by atoms with Crippen LogP contribution in [0.4, 0.5) is 10.8 Å². The van der Waals surface area contributed by atoms with E-state index >= 15 is 0 Å². The Hall–Kier alpha value is -2.93. The number of thiazole rings is 1. The average molecular weight is 355 g/mol. The van der Waals surface area contributed by atoms with Crippen LogP contribution in [0.15, 0.2) is 46.4 Å². The molecule has 2 heterocycles. The zero-order valence-corrected chi connectivity index (χ0v) is 14.6. The van der Waals surface area contributed by atoms with Crippen LogP contribution in [0.1, 0.15) is 27.4 Å². The highest BCUT2D eigenvalue weighted by Crippen LogP contribution is 2.21. The average Bonchev–Trinajstić information content (AvgIpc) is 3.23. The number of aromatic nitrogens is 1. The molecule has 25 heavy (non-hydrogen) atoms. The van der Waals surface area contributed by atoms with E-state index in [1.165, 1.54) is 17.6 Å². The zero-order valence-electron chi connectivity index (χ0n) is 13.8. The molecule has 0 aliphatic rings. The molecule has 0 fully saturated rings. The van der Waals surface area contributed by atoms with Crippen LogP contribution in [0.2, 0.25) is 0 Å². The maximum Gasteiger partial charge on any atom is 0.293 e. The molecule has 0 aliphatic carbocycles. The highest BCUT2D eigenvalue weighted by atomic mass is 32.1. The normalized spacial score (nSPS) is 10.5. The summed E-state index contributed by atoms with van der Waals surface area (Å²) in [6.45, 7) is 3.90. The van der Waals surface area contributed by atoms with Crippen LogP contribution in [0.25, 0.3) is 0 Å². The minimum Gasteiger partial charge on any atom is -0.459 e. The number of carbonyl (C=O) groups is 2. The van der Waals surface area contributed by atoms with Crippen molar-refractivity contribution in [3.8, 4) is 0 Å². The van der Waals surface area contributed by atoms with Gasteiger partial charge in [-0.15, -0.1) is 11.3 Å². The molecular formula is C18H17N3O3S. The maximum absolute atomic E-state index is 12.3. The van der Waals surface area contributed by atoms with Gasteiger partial charge in [-0.05, 0) is 37.1 Å². The second-order valence-corrected chi connectivity index (χ2v) is 6.43. The lowest BCUT2D eigenvalue weighted by molar-refractivity contribution is -0.115. The Kier molecular flexibility index (Phi) is 4.95. The number of aryl methyl sites for hydroxylation is 2. The first-order valence-corrected chi connectivity index (χ1v) is 8.56. The van der Waals surface area contributed by atoms with Crippen LogP contribution < -0.4 is 10.6 Å². The third kappa shape index (κ3) is 4.13. The molecule has 2 N–H and O–H groups in total. The number of carbonyl (C=O) groups excluding carboxylic acids is 2. The van der Waals surface area contributed by atoms with E-state index in [9.17, 15) is 9.59 Å². The largest absolute Gasteiger partial charge is 0.459 e. The van der Waals surface area contributed by atoms with Gasteiger partial charge in [0.25, 0.3) is 5.91 Å². The van der Waals surface area contributed by atoms with Crippen molar-refractivity contribution in [2.75, 3.05) is 10.6 Å². The van der Waals surface area contributed by atoms with Gasteiger partial charge in [-0.3, -0.25) is 14.9 Å².